The van der Waals surface area contributed by atoms with Crippen LogP contribution in [0.3, 0.4) is 0 Å². The fraction of sp³-hybridized carbons (Fsp3) is 0.529. The van der Waals surface area contributed by atoms with Crippen LogP contribution in [-0.2, 0) is 19.4 Å². The zero-order valence-corrected chi connectivity index (χ0v) is 15.9. The van der Waals surface area contributed by atoms with Gasteiger partial charge in [-0.05, 0) is 51.8 Å². The van der Waals surface area contributed by atoms with Gasteiger partial charge in [-0.1, -0.05) is 30.4 Å². The standard InChI is InChI=1S/C17H24ClNO4S/c1-5-8-14(20)17(24(22,23)16(2,3)4)10-7-6-9-12(17)11-13(19)15(18)21/h5-10,12-13H,11,19H2,1-4H3/t12?,13-,17?/m0/s1. The molecule has 134 valence electrons. The van der Waals surface area contributed by atoms with E-state index in [1.165, 1.54) is 24.3 Å². The van der Waals surface area contributed by atoms with Crippen molar-refractivity contribution in [1.82, 2.24) is 0 Å². The number of ketones is 1. The van der Waals surface area contributed by atoms with E-state index in [0.29, 0.717) is 0 Å². The van der Waals surface area contributed by atoms with Crippen molar-refractivity contribution in [3.05, 3.63) is 36.5 Å². The van der Waals surface area contributed by atoms with Gasteiger partial charge in [0.05, 0.1) is 10.8 Å². The van der Waals surface area contributed by atoms with Gasteiger partial charge in [-0.2, -0.15) is 0 Å². The van der Waals surface area contributed by atoms with Gasteiger partial charge in [-0.3, -0.25) is 9.59 Å². The van der Waals surface area contributed by atoms with E-state index in [0.717, 1.165) is 0 Å². The smallest absolute Gasteiger partial charge is 0.238 e. The van der Waals surface area contributed by atoms with E-state index in [1.807, 2.05) is 0 Å². The van der Waals surface area contributed by atoms with E-state index in [1.54, 1.807) is 39.8 Å². The lowest BCUT2D eigenvalue weighted by Gasteiger charge is -2.41. The third-order valence-electron chi connectivity index (χ3n) is 4.10. The molecule has 2 unspecified atom stereocenters. The third kappa shape index (κ3) is 3.55. The molecule has 7 heteroatoms. The number of nitrogens with two attached hydrogens (primary N) is 1. The first kappa shape index (κ1) is 20.8. The van der Waals surface area contributed by atoms with E-state index >= 15 is 0 Å². The van der Waals surface area contributed by atoms with Crippen LogP contribution in [0.5, 0.6) is 0 Å². The Morgan fingerprint density at radius 3 is 2.38 bits per heavy atom. The summed E-state index contributed by atoms with van der Waals surface area (Å²) in [5.41, 5.74) is 5.73. The first-order valence-corrected chi connectivity index (χ1v) is 9.50. The second-order valence-electron chi connectivity index (χ2n) is 6.77. The lowest BCUT2D eigenvalue weighted by Crippen LogP contribution is -2.57. The van der Waals surface area contributed by atoms with Gasteiger partial charge in [0.1, 0.15) is 0 Å². The fourth-order valence-corrected chi connectivity index (χ4v) is 5.02. The Kier molecular flexibility index (Phi) is 6.36. The zero-order chi connectivity index (χ0) is 18.8. The molecule has 0 saturated heterocycles. The average molecular weight is 374 g/mol. The summed E-state index contributed by atoms with van der Waals surface area (Å²) in [4.78, 5) is 24.2. The van der Waals surface area contributed by atoms with Crippen LogP contribution in [0.1, 0.15) is 34.1 Å². The summed E-state index contributed by atoms with van der Waals surface area (Å²) < 4.78 is 23.6. The fourth-order valence-electron chi connectivity index (χ4n) is 2.76. The van der Waals surface area contributed by atoms with Gasteiger partial charge < -0.3 is 5.73 Å². The number of rotatable bonds is 6. The van der Waals surface area contributed by atoms with Crippen LogP contribution in [-0.4, -0.2) is 35.0 Å². The molecule has 0 fully saturated rings. The summed E-state index contributed by atoms with van der Waals surface area (Å²) in [6.07, 6.45) is 8.88. The molecule has 0 saturated carbocycles. The number of halogens is 1. The van der Waals surface area contributed by atoms with Crippen LogP contribution in [0, 0.1) is 5.92 Å². The van der Waals surface area contributed by atoms with Gasteiger partial charge in [-0.15, -0.1) is 0 Å². The minimum absolute atomic E-state index is 0.0399. The average Bonchev–Trinajstić information content (AvgIpc) is 2.46. The van der Waals surface area contributed by atoms with E-state index in [-0.39, 0.29) is 6.42 Å². The monoisotopic (exact) mass is 373 g/mol. The lowest BCUT2D eigenvalue weighted by atomic mass is 9.80. The topological polar surface area (TPSA) is 94.3 Å². The maximum absolute atomic E-state index is 13.3. The van der Waals surface area contributed by atoms with E-state index in [9.17, 15) is 18.0 Å². The first-order chi connectivity index (χ1) is 10.9. The number of carbonyl (C=O) groups is 2. The summed E-state index contributed by atoms with van der Waals surface area (Å²) in [5.74, 6) is -1.34. The summed E-state index contributed by atoms with van der Waals surface area (Å²) in [7, 11) is -3.95. The molecule has 1 aliphatic carbocycles. The highest BCUT2D eigenvalue weighted by molar-refractivity contribution is 7.95. The van der Waals surface area contributed by atoms with Crippen LogP contribution < -0.4 is 5.73 Å². The summed E-state index contributed by atoms with van der Waals surface area (Å²) >= 11 is 5.43. The molecule has 3 atom stereocenters. The molecule has 5 nitrogen and oxygen atoms in total. The zero-order valence-electron chi connectivity index (χ0n) is 14.3. The Bertz CT molecular complexity index is 701. The number of carbonyl (C=O) groups excluding carboxylic acids is 2. The largest absolute Gasteiger partial charge is 0.320 e. The number of hydrogen-bond donors (Lipinski definition) is 1. The Balaban J connectivity index is 3.62. The highest BCUT2D eigenvalue weighted by atomic mass is 35.5. The Hall–Kier alpha value is -1.24. The number of allylic oxidation sites excluding steroid dienone is 5. The number of sulfone groups is 1. The van der Waals surface area contributed by atoms with Crippen molar-refractivity contribution < 1.29 is 18.0 Å². The molecule has 0 amide bonds. The maximum atomic E-state index is 13.3. The molecule has 2 N–H and O–H groups in total. The van der Waals surface area contributed by atoms with Gasteiger partial charge in [0.2, 0.25) is 5.24 Å². The molecule has 0 spiro atoms. The van der Waals surface area contributed by atoms with Crippen molar-refractivity contribution in [3.63, 3.8) is 0 Å². The lowest BCUT2D eigenvalue weighted by molar-refractivity contribution is -0.117. The quantitative estimate of drug-likeness (QED) is 0.569. The van der Waals surface area contributed by atoms with Gasteiger partial charge in [0, 0.05) is 5.92 Å². The second-order valence-corrected chi connectivity index (χ2v) is 10.0. The summed E-state index contributed by atoms with van der Waals surface area (Å²) in [6, 6.07) is -1.05. The molecule has 0 aromatic rings. The molecule has 24 heavy (non-hydrogen) atoms. The van der Waals surface area contributed by atoms with Crippen molar-refractivity contribution in [2.75, 3.05) is 0 Å². The van der Waals surface area contributed by atoms with Crippen molar-refractivity contribution >= 4 is 32.5 Å². The molecule has 0 bridgehead atoms. The van der Waals surface area contributed by atoms with Crippen molar-refractivity contribution in [3.8, 4) is 0 Å². The molecule has 0 aromatic heterocycles. The van der Waals surface area contributed by atoms with Gasteiger partial charge in [0.25, 0.3) is 0 Å². The maximum Gasteiger partial charge on any atom is 0.238 e. The number of hydrogen-bond acceptors (Lipinski definition) is 5. The predicted octanol–water partition coefficient (Wildman–Crippen LogP) is 2.31. The second kappa shape index (κ2) is 7.33. The summed E-state index contributed by atoms with van der Waals surface area (Å²) in [6.45, 7) is 6.27. The highest BCUT2D eigenvalue weighted by Crippen LogP contribution is 2.42. The van der Waals surface area contributed by atoms with Crippen LogP contribution in [0.2, 0.25) is 0 Å². The first-order valence-electron chi connectivity index (χ1n) is 7.64. The Morgan fingerprint density at radius 1 is 1.33 bits per heavy atom. The molecule has 0 aliphatic heterocycles. The minimum atomic E-state index is -3.95. The van der Waals surface area contributed by atoms with Gasteiger partial charge >= 0.3 is 0 Å². The van der Waals surface area contributed by atoms with Crippen molar-refractivity contribution in [2.24, 2.45) is 11.7 Å². The van der Waals surface area contributed by atoms with E-state index in [2.05, 4.69) is 0 Å². The molecular weight excluding hydrogens is 350 g/mol. The van der Waals surface area contributed by atoms with Crippen LogP contribution >= 0.6 is 11.6 Å². The molecule has 1 rings (SSSR count). The van der Waals surface area contributed by atoms with Crippen LogP contribution in [0.15, 0.2) is 36.5 Å². The van der Waals surface area contributed by atoms with Crippen LogP contribution in [0.4, 0.5) is 0 Å². The van der Waals surface area contributed by atoms with Crippen molar-refractivity contribution in [2.45, 2.75) is 49.7 Å². The summed E-state index contributed by atoms with van der Waals surface area (Å²) in [5, 5.41) is -0.765. The molecule has 0 radical (unpaired) electrons. The molecule has 1 aliphatic rings. The predicted molar refractivity (Wildman–Crippen MR) is 96.4 cm³/mol. The minimum Gasteiger partial charge on any atom is -0.320 e. The van der Waals surface area contributed by atoms with E-state index < -0.39 is 42.3 Å². The highest BCUT2D eigenvalue weighted by Gasteiger charge is 2.57. The Labute approximate surface area is 148 Å². The normalized spacial score (nSPS) is 25.8. The third-order valence-corrected chi connectivity index (χ3v) is 7.52. The van der Waals surface area contributed by atoms with Crippen LogP contribution in [0.25, 0.3) is 0 Å². The van der Waals surface area contributed by atoms with Crippen molar-refractivity contribution in [1.29, 1.82) is 0 Å². The Morgan fingerprint density at radius 2 is 1.92 bits per heavy atom. The molecular formula is C17H24ClNO4S. The molecule has 0 aromatic carbocycles. The molecule has 0 heterocycles. The van der Waals surface area contributed by atoms with Gasteiger partial charge in [-0.25, -0.2) is 8.42 Å². The SMILES string of the molecule is CC=CC(=O)C1(S(=O)(=O)C(C)(C)C)C=CC=CC1C[C@H](N)C(=O)Cl. The van der Waals surface area contributed by atoms with Gasteiger partial charge in [0.15, 0.2) is 20.4 Å². The van der Waals surface area contributed by atoms with E-state index in [4.69, 9.17) is 17.3 Å².